The van der Waals surface area contributed by atoms with Crippen LogP contribution in [0.1, 0.15) is 18.9 Å². The van der Waals surface area contributed by atoms with Crippen LogP contribution in [0.2, 0.25) is 0 Å². The molecular formula is C14H19N3O3S. The van der Waals surface area contributed by atoms with Crippen molar-refractivity contribution < 1.29 is 14.2 Å². The van der Waals surface area contributed by atoms with Crippen molar-refractivity contribution in [3.8, 4) is 22.4 Å². The lowest BCUT2D eigenvalue weighted by molar-refractivity contribution is 0.344. The summed E-state index contributed by atoms with van der Waals surface area (Å²) >= 11 is 1.39. The number of methoxy groups -OCH3 is 2. The zero-order chi connectivity index (χ0) is 15.2. The van der Waals surface area contributed by atoms with Gasteiger partial charge >= 0.3 is 0 Å². The Morgan fingerprint density at radius 3 is 2.38 bits per heavy atom. The summed E-state index contributed by atoms with van der Waals surface area (Å²) in [7, 11) is 3.17. The molecule has 1 aromatic heterocycles. The number of ether oxygens (including phenoxy) is 3. The van der Waals surface area contributed by atoms with E-state index in [1.54, 1.807) is 26.4 Å². The first kappa shape index (κ1) is 15.5. The first-order chi connectivity index (χ1) is 10.1. The van der Waals surface area contributed by atoms with E-state index in [4.69, 9.17) is 14.2 Å². The van der Waals surface area contributed by atoms with Gasteiger partial charge in [0.2, 0.25) is 5.75 Å². The highest BCUT2D eigenvalue weighted by Crippen LogP contribution is 2.40. The highest BCUT2D eigenvalue weighted by molar-refractivity contribution is 7.13. The maximum atomic E-state index is 5.78. The second-order valence-corrected chi connectivity index (χ2v) is 5.62. The van der Waals surface area contributed by atoms with Crippen molar-refractivity contribution in [3.05, 3.63) is 23.2 Å². The third kappa shape index (κ3) is 4.05. The molecule has 7 heteroatoms. The van der Waals surface area contributed by atoms with Crippen LogP contribution in [0.4, 0.5) is 0 Å². The quantitative estimate of drug-likeness (QED) is 0.848. The standard InChI is InChI=1S/C14H19N3O3S/c1-9(2)15-8-12-16-17-14(21-12)20-13-10(18-3)6-5-7-11(13)19-4/h5-7,9,15H,8H2,1-4H3. The summed E-state index contributed by atoms with van der Waals surface area (Å²) in [5, 5.41) is 12.7. The molecule has 0 aliphatic heterocycles. The number of rotatable bonds is 7. The van der Waals surface area contributed by atoms with Gasteiger partial charge < -0.3 is 19.5 Å². The van der Waals surface area contributed by atoms with E-state index in [0.29, 0.717) is 35.0 Å². The fourth-order valence-corrected chi connectivity index (χ4v) is 2.29. The number of nitrogens with zero attached hydrogens (tertiary/aromatic N) is 2. The Labute approximate surface area is 128 Å². The molecule has 1 heterocycles. The summed E-state index contributed by atoms with van der Waals surface area (Å²) in [4.78, 5) is 0. The van der Waals surface area contributed by atoms with Crippen LogP contribution < -0.4 is 19.5 Å². The Morgan fingerprint density at radius 2 is 1.81 bits per heavy atom. The zero-order valence-corrected chi connectivity index (χ0v) is 13.4. The molecule has 0 saturated heterocycles. The molecule has 0 amide bonds. The Hall–Kier alpha value is -1.86. The van der Waals surface area contributed by atoms with Gasteiger partial charge in [-0.25, -0.2) is 0 Å². The number of benzene rings is 1. The molecule has 1 aromatic carbocycles. The lowest BCUT2D eigenvalue weighted by Crippen LogP contribution is -2.21. The molecule has 6 nitrogen and oxygen atoms in total. The Balaban J connectivity index is 2.15. The minimum Gasteiger partial charge on any atom is -0.493 e. The summed E-state index contributed by atoms with van der Waals surface area (Å²) in [5.41, 5.74) is 0. The zero-order valence-electron chi connectivity index (χ0n) is 12.5. The van der Waals surface area contributed by atoms with Crippen LogP contribution in [0.5, 0.6) is 22.4 Å². The summed E-state index contributed by atoms with van der Waals surface area (Å²) < 4.78 is 16.3. The smallest absolute Gasteiger partial charge is 0.299 e. The highest BCUT2D eigenvalue weighted by Gasteiger charge is 2.15. The van der Waals surface area contributed by atoms with Gasteiger partial charge in [-0.3, -0.25) is 0 Å². The molecule has 0 atom stereocenters. The molecule has 0 radical (unpaired) electrons. The first-order valence-electron chi connectivity index (χ1n) is 6.58. The molecule has 0 aliphatic carbocycles. The molecule has 0 spiro atoms. The third-order valence-electron chi connectivity index (χ3n) is 2.68. The van der Waals surface area contributed by atoms with E-state index in [-0.39, 0.29) is 0 Å². The van der Waals surface area contributed by atoms with Crippen LogP contribution in [0.25, 0.3) is 0 Å². The second kappa shape index (κ2) is 7.24. The molecule has 0 saturated carbocycles. The van der Waals surface area contributed by atoms with Gasteiger partial charge in [-0.15, -0.1) is 5.10 Å². The molecule has 0 fully saturated rings. The molecule has 2 aromatic rings. The van der Waals surface area contributed by atoms with Gasteiger partial charge in [0.1, 0.15) is 5.01 Å². The molecule has 0 bridgehead atoms. The number of nitrogens with one attached hydrogen (secondary N) is 1. The van der Waals surface area contributed by atoms with E-state index in [0.717, 1.165) is 5.01 Å². The largest absolute Gasteiger partial charge is 0.493 e. The van der Waals surface area contributed by atoms with Crippen LogP contribution >= 0.6 is 11.3 Å². The third-order valence-corrected chi connectivity index (χ3v) is 3.48. The van der Waals surface area contributed by atoms with Crippen LogP contribution in [-0.2, 0) is 6.54 Å². The van der Waals surface area contributed by atoms with E-state index < -0.39 is 0 Å². The fraction of sp³-hybridized carbons (Fsp3) is 0.429. The van der Waals surface area contributed by atoms with Gasteiger partial charge in [-0.2, -0.15) is 0 Å². The van der Waals surface area contributed by atoms with E-state index >= 15 is 0 Å². The normalized spacial score (nSPS) is 10.7. The topological polar surface area (TPSA) is 65.5 Å². The van der Waals surface area contributed by atoms with Crippen molar-refractivity contribution in [2.75, 3.05) is 14.2 Å². The van der Waals surface area contributed by atoms with Gasteiger partial charge in [0, 0.05) is 6.04 Å². The average Bonchev–Trinajstić information content (AvgIpc) is 2.93. The van der Waals surface area contributed by atoms with E-state index in [2.05, 4.69) is 29.4 Å². The van der Waals surface area contributed by atoms with E-state index in [1.807, 2.05) is 6.07 Å². The molecule has 1 N–H and O–H groups in total. The molecule has 21 heavy (non-hydrogen) atoms. The number of para-hydroxylation sites is 1. The molecule has 0 unspecified atom stereocenters. The lowest BCUT2D eigenvalue weighted by atomic mass is 10.3. The molecule has 0 aliphatic rings. The van der Waals surface area contributed by atoms with Gasteiger partial charge in [-0.05, 0) is 12.1 Å². The second-order valence-electron chi connectivity index (χ2n) is 4.59. The Kier molecular flexibility index (Phi) is 5.35. The SMILES string of the molecule is COc1cccc(OC)c1Oc1nnc(CNC(C)C)s1. The minimum absolute atomic E-state index is 0.396. The number of aromatic nitrogens is 2. The van der Waals surface area contributed by atoms with Crippen LogP contribution in [0, 0.1) is 0 Å². The summed E-state index contributed by atoms with van der Waals surface area (Å²) in [5.74, 6) is 1.68. The minimum atomic E-state index is 0.396. The van der Waals surface area contributed by atoms with Gasteiger partial charge in [0.05, 0.1) is 20.8 Å². The Morgan fingerprint density at radius 1 is 1.14 bits per heavy atom. The number of hydrogen-bond donors (Lipinski definition) is 1. The van der Waals surface area contributed by atoms with Crippen LogP contribution in [0.15, 0.2) is 18.2 Å². The van der Waals surface area contributed by atoms with E-state index in [9.17, 15) is 0 Å². The molecule has 2 rings (SSSR count). The monoisotopic (exact) mass is 309 g/mol. The maximum Gasteiger partial charge on any atom is 0.299 e. The van der Waals surface area contributed by atoms with Crippen molar-refractivity contribution in [1.82, 2.24) is 15.5 Å². The van der Waals surface area contributed by atoms with Crippen molar-refractivity contribution >= 4 is 11.3 Å². The van der Waals surface area contributed by atoms with Crippen molar-refractivity contribution in [2.24, 2.45) is 0 Å². The van der Waals surface area contributed by atoms with Crippen molar-refractivity contribution in [3.63, 3.8) is 0 Å². The lowest BCUT2D eigenvalue weighted by Gasteiger charge is -2.11. The summed E-state index contributed by atoms with van der Waals surface area (Å²) in [6.07, 6.45) is 0. The molecular weight excluding hydrogens is 290 g/mol. The van der Waals surface area contributed by atoms with Gasteiger partial charge in [0.15, 0.2) is 11.5 Å². The maximum absolute atomic E-state index is 5.78. The predicted octanol–water partition coefficient (Wildman–Crippen LogP) is 2.85. The Bertz CT molecular complexity index is 564. The predicted molar refractivity (Wildman–Crippen MR) is 81.5 cm³/mol. The summed E-state index contributed by atoms with van der Waals surface area (Å²) in [6, 6.07) is 5.84. The first-order valence-corrected chi connectivity index (χ1v) is 7.40. The number of hydrogen-bond acceptors (Lipinski definition) is 7. The molecule has 114 valence electrons. The average molecular weight is 309 g/mol. The van der Waals surface area contributed by atoms with Crippen molar-refractivity contribution in [1.29, 1.82) is 0 Å². The highest BCUT2D eigenvalue weighted by atomic mass is 32.1. The van der Waals surface area contributed by atoms with E-state index in [1.165, 1.54) is 11.3 Å². The summed E-state index contributed by atoms with van der Waals surface area (Å²) in [6.45, 7) is 4.83. The van der Waals surface area contributed by atoms with Gasteiger partial charge in [-0.1, -0.05) is 36.3 Å². The van der Waals surface area contributed by atoms with Gasteiger partial charge in [0.25, 0.3) is 5.19 Å². The van der Waals surface area contributed by atoms with Crippen molar-refractivity contribution in [2.45, 2.75) is 26.4 Å². The van der Waals surface area contributed by atoms with Crippen LogP contribution in [0.3, 0.4) is 0 Å². The van der Waals surface area contributed by atoms with Crippen LogP contribution in [-0.4, -0.2) is 30.5 Å². The fourth-order valence-electron chi connectivity index (χ4n) is 1.65.